The molecule has 8 aliphatic rings. The Kier molecular flexibility index (Phi) is 21.3. The molecule has 3 aromatic rings. The first kappa shape index (κ1) is 42.5. The van der Waals surface area contributed by atoms with Crippen molar-refractivity contribution in [1.29, 1.82) is 0 Å². The van der Waals surface area contributed by atoms with Gasteiger partial charge in [-0.3, -0.25) is 0 Å². The second-order valence-corrected chi connectivity index (χ2v) is 15.7. The summed E-state index contributed by atoms with van der Waals surface area (Å²) < 4.78 is 0. The van der Waals surface area contributed by atoms with Crippen LogP contribution in [0.1, 0.15) is 97.6 Å². The first-order valence-corrected chi connectivity index (χ1v) is 21.7. The molecule has 0 radical (unpaired) electrons. The van der Waals surface area contributed by atoms with Gasteiger partial charge >= 0.3 is 0 Å². The van der Waals surface area contributed by atoms with Crippen molar-refractivity contribution in [2.75, 3.05) is 78.5 Å². The summed E-state index contributed by atoms with van der Waals surface area (Å²) in [4.78, 5) is 5.43. The van der Waals surface area contributed by atoms with Crippen molar-refractivity contribution in [2.45, 2.75) is 103 Å². The van der Waals surface area contributed by atoms with Gasteiger partial charge in [0.1, 0.15) is 0 Å². The van der Waals surface area contributed by atoms with E-state index in [1.54, 1.807) is 0 Å². The highest BCUT2D eigenvalue weighted by atomic mass is 15.1. The highest BCUT2D eigenvalue weighted by molar-refractivity contribution is 5.24. The van der Waals surface area contributed by atoms with Gasteiger partial charge in [0.25, 0.3) is 0 Å². The quantitative estimate of drug-likeness (QED) is 0.164. The normalized spacial score (nSPS) is 22.9. The zero-order valence-electron chi connectivity index (χ0n) is 33.6. The summed E-state index contributed by atoms with van der Waals surface area (Å²) in [6.45, 7) is 19.2. The smallest absolute Gasteiger partial charge is 0.0205 e. The molecule has 298 valence electrons. The fraction of sp³-hybridized carbons (Fsp3) is 0.609. The van der Waals surface area contributed by atoms with Gasteiger partial charge in [0.15, 0.2) is 0 Å². The molecule has 8 bridgehead atoms. The van der Waals surface area contributed by atoms with Crippen molar-refractivity contribution in [3.05, 3.63) is 106 Å². The molecular weight excluding hydrogens is 665 g/mol. The molecule has 0 atom stereocenters. The maximum absolute atomic E-state index is 3.72. The third kappa shape index (κ3) is 18.3. The molecule has 8 nitrogen and oxygen atoms in total. The molecule has 0 aromatic heterocycles. The minimum atomic E-state index is 0.943. The minimum absolute atomic E-state index is 0.943. The highest BCUT2D eigenvalue weighted by Gasteiger charge is 2.08. The van der Waals surface area contributed by atoms with E-state index in [-0.39, 0.29) is 0 Å². The molecule has 0 spiro atoms. The van der Waals surface area contributed by atoms with Crippen LogP contribution in [0.25, 0.3) is 0 Å². The van der Waals surface area contributed by atoms with E-state index in [0.717, 1.165) is 78.5 Å². The summed E-state index contributed by atoms with van der Waals surface area (Å²) in [5.41, 5.74) is 8.26. The third-order valence-electron chi connectivity index (χ3n) is 11.0. The molecule has 0 amide bonds. The largest absolute Gasteiger partial charge is 0.313 e. The van der Waals surface area contributed by atoms with Gasteiger partial charge in [-0.15, -0.1) is 0 Å². The average Bonchev–Trinajstić information content (AvgIpc) is 3.20. The van der Waals surface area contributed by atoms with E-state index in [2.05, 4.69) is 114 Å². The fourth-order valence-electron chi connectivity index (χ4n) is 7.59. The highest BCUT2D eigenvalue weighted by Crippen LogP contribution is 2.09. The molecule has 6 N–H and O–H groups in total. The topological polar surface area (TPSA) is 78.7 Å². The standard InChI is InChI=1S/C46H74N8/c1-5-29-53-30-6-2-24-48-37-43-15-17-44(18-16-43)38-50-26-4-8-32-54(31-7-3-25-49-36-42-13-11-41(12-14-42)35-47-23-1)34-10-28-52-40-46-21-19-45(20-22-46)39-51-27-9-33-53/h11-22,47-52H,1-10,23-40H2. The maximum atomic E-state index is 3.72. The number of nitrogens with zero attached hydrogens (tertiary/aromatic N) is 2. The molecule has 0 aliphatic carbocycles. The molecule has 3 aromatic carbocycles. The summed E-state index contributed by atoms with van der Waals surface area (Å²) in [5.74, 6) is 0. The summed E-state index contributed by atoms with van der Waals surface area (Å²) in [6.07, 6.45) is 12.2. The van der Waals surface area contributed by atoms with Crippen molar-refractivity contribution in [3.63, 3.8) is 0 Å². The summed E-state index contributed by atoms with van der Waals surface area (Å²) in [5, 5.41) is 22.3. The third-order valence-corrected chi connectivity index (χ3v) is 11.0. The number of benzene rings is 3. The zero-order valence-corrected chi connectivity index (χ0v) is 33.6. The molecular formula is C46H74N8. The van der Waals surface area contributed by atoms with Crippen molar-refractivity contribution in [3.8, 4) is 0 Å². The van der Waals surface area contributed by atoms with Gasteiger partial charge in [-0.2, -0.15) is 0 Å². The van der Waals surface area contributed by atoms with Crippen LogP contribution in [-0.2, 0) is 39.3 Å². The van der Waals surface area contributed by atoms with Crippen LogP contribution >= 0.6 is 0 Å². The Bertz CT molecular complexity index is 1170. The maximum Gasteiger partial charge on any atom is 0.0205 e. The minimum Gasteiger partial charge on any atom is -0.313 e. The Morgan fingerprint density at radius 2 is 0.426 bits per heavy atom. The molecule has 8 heteroatoms. The SMILES string of the molecule is c1cc2ccc1CNCCCCN1CCCCNCc3ccc(cc3)CNCCCCN(CCCCNC2)CCCNCc2ccc(cc2)CNCCC1. The average molecular weight is 739 g/mol. The zero-order chi connectivity index (χ0) is 37.1. The number of rotatable bonds is 0. The van der Waals surface area contributed by atoms with Gasteiger partial charge in [-0.1, -0.05) is 72.8 Å². The lowest BCUT2D eigenvalue weighted by atomic mass is 10.1. The van der Waals surface area contributed by atoms with E-state index in [1.165, 1.54) is 137 Å². The van der Waals surface area contributed by atoms with Crippen LogP contribution in [0.2, 0.25) is 0 Å². The number of hydrogen-bond donors (Lipinski definition) is 6. The lowest BCUT2D eigenvalue weighted by Crippen LogP contribution is -2.30. The van der Waals surface area contributed by atoms with Crippen molar-refractivity contribution in [2.24, 2.45) is 0 Å². The van der Waals surface area contributed by atoms with Crippen LogP contribution in [-0.4, -0.2) is 88.3 Å². The predicted molar refractivity (Wildman–Crippen MR) is 229 cm³/mol. The van der Waals surface area contributed by atoms with Crippen molar-refractivity contribution in [1.82, 2.24) is 41.7 Å². The van der Waals surface area contributed by atoms with Gasteiger partial charge in [0.2, 0.25) is 0 Å². The lowest BCUT2D eigenvalue weighted by Gasteiger charge is -2.23. The monoisotopic (exact) mass is 739 g/mol. The Morgan fingerprint density at radius 1 is 0.241 bits per heavy atom. The summed E-state index contributed by atoms with van der Waals surface area (Å²) >= 11 is 0. The van der Waals surface area contributed by atoms with Gasteiger partial charge in [0, 0.05) is 39.3 Å². The summed E-state index contributed by atoms with van der Waals surface area (Å²) in [6, 6.07) is 27.6. The first-order valence-electron chi connectivity index (χ1n) is 21.7. The lowest BCUT2D eigenvalue weighted by molar-refractivity contribution is 0.257. The first-order chi connectivity index (χ1) is 26.8. The second-order valence-electron chi connectivity index (χ2n) is 15.7. The molecule has 11 rings (SSSR count). The van der Waals surface area contributed by atoms with Gasteiger partial charge < -0.3 is 41.7 Å². The van der Waals surface area contributed by atoms with E-state index >= 15 is 0 Å². The van der Waals surface area contributed by atoms with Crippen LogP contribution in [0.5, 0.6) is 0 Å². The van der Waals surface area contributed by atoms with Crippen LogP contribution in [0.4, 0.5) is 0 Å². The summed E-state index contributed by atoms with van der Waals surface area (Å²) in [7, 11) is 0. The number of nitrogens with one attached hydrogen (secondary N) is 6. The van der Waals surface area contributed by atoms with Crippen LogP contribution in [0.3, 0.4) is 0 Å². The van der Waals surface area contributed by atoms with Crippen molar-refractivity contribution >= 4 is 0 Å². The van der Waals surface area contributed by atoms with E-state index in [9.17, 15) is 0 Å². The van der Waals surface area contributed by atoms with Gasteiger partial charge in [0.05, 0.1) is 0 Å². The Hall–Kier alpha value is -2.66. The fourth-order valence-corrected chi connectivity index (χ4v) is 7.59. The molecule has 0 saturated heterocycles. The van der Waals surface area contributed by atoms with Crippen molar-refractivity contribution < 1.29 is 0 Å². The molecule has 54 heavy (non-hydrogen) atoms. The van der Waals surface area contributed by atoms with E-state index in [1.807, 2.05) is 0 Å². The molecule has 8 aliphatic heterocycles. The van der Waals surface area contributed by atoms with Gasteiger partial charge in [-0.05, 0) is 176 Å². The van der Waals surface area contributed by atoms with E-state index in [0.29, 0.717) is 0 Å². The molecule has 0 fully saturated rings. The second kappa shape index (κ2) is 27.0. The molecule has 0 saturated carbocycles. The Balaban J connectivity index is 1.19. The Labute approximate surface area is 329 Å². The van der Waals surface area contributed by atoms with Gasteiger partial charge in [-0.25, -0.2) is 0 Å². The predicted octanol–water partition coefficient (Wildman–Crippen LogP) is 6.16. The van der Waals surface area contributed by atoms with E-state index < -0.39 is 0 Å². The molecule has 0 unspecified atom stereocenters. The van der Waals surface area contributed by atoms with Crippen LogP contribution in [0, 0.1) is 0 Å². The van der Waals surface area contributed by atoms with Crippen LogP contribution in [0.15, 0.2) is 72.8 Å². The number of hydrogen-bond acceptors (Lipinski definition) is 8. The van der Waals surface area contributed by atoms with Crippen LogP contribution < -0.4 is 31.9 Å². The molecule has 8 heterocycles. The van der Waals surface area contributed by atoms with E-state index in [4.69, 9.17) is 0 Å². The Morgan fingerprint density at radius 3 is 0.648 bits per heavy atom.